The number of aryl methyl sites for hydroxylation is 2. The second-order valence-corrected chi connectivity index (χ2v) is 4.27. The molecule has 1 atom stereocenters. The second kappa shape index (κ2) is 5.68. The van der Waals surface area contributed by atoms with Crippen LogP contribution in [0.3, 0.4) is 0 Å². The maximum Gasteiger partial charge on any atom is 0.228 e. The Balaban J connectivity index is 2.90. The lowest BCUT2D eigenvalue weighted by atomic mass is 10.1. The predicted molar refractivity (Wildman–Crippen MR) is 69.3 cm³/mol. The molecule has 17 heavy (non-hydrogen) atoms. The normalized spacial score (nSPS) is 12.1. The number of nitrogens with one attached hydrogen (secondary N) is 1. The average Bonchev–Trinajstić information content (AvgIpc) is 2.27. The summed E-state index contributed by atoms with van der Waals surface area (Å²) in [5.74, 6) is 0.615. The Labute approximate surface area is 102 Å². The first-order valence-corrected chi connectivity index (χ1v) is 5.65. The third-order valence-corrected chi connectivity index (χ3v) is 2.73. The summed E-state index contributed by atoms with van der Waals surface area (Å²) >= 11 is 0. The van der Waals surface area contributed by atoms with Crippen molar-refractivity contribution in [3.63, 3.8) is 0 Å². The second-order valence-electron chi connectivity index (χ2n) is 4.27. The Bertz CT molecular complexity index is 393. The standard InChI is InChI=1S/C13H20N2O2/c1-8-5-11(6-9(2)12(8)17-4)15-13(16)10(3)7-14/h5-6,10H,7,14H2,1-4H3,(H,15,16). The zero-order valence-electron chi connectivity index (χ0n) is 10.8. The summed E-state index contributed by atoms with van der Waals surface area (Å²) in [5, 5.41) is 2.85. The molecule has 3 N–H and O–H groups in total. The summed E-state index contributed by atoms with van der Waals surface area (Å²) < 4.78 is 5.27. The van der Waals surface area contributed by atoms with Gasteiger partial charge in [0.05, 0.1) is 7.11 Å². The lowest BCUT2D eigenvalue weighted by molar-refractivity contribution is -0.119. The van der Waals surface area contributed by atoms with Crippen LogP contribution in [-0.4, -0.2) is 19.6 Å². The van der Waals surface area contributed by atoms with E-state index in [9.17, 15) is 4.79 Å². The van der Waals surface area contributed by atoms with Crippen molar-refractivity contribution in [2.45, 2.75) is 20.8 Å². The highest BCUT2D eigenvalue weighted by Gasteiger charge is 2.12. The van der Waals surface area contributed by atoms with Gasteiger partial charge in [0.1, 0.15) is 5.75 Å². The SMILES string of the molecule is COc1c(C)cc(NC(=O)C(C)CN)cc1C. The number of ether oxygens (including phenoxy) is 1. The molecule has 0 aliphatic heterocycles. The van der Waals surface area contributed by atoms with Gasteiger partial charge in [-0.15, -0.1) is 0 Å². The monoisotopic (exact) mass is 236 g/mol. The van der Waals surface area contributed by atoms with E-state index in [0.717, 1.165) is 22.6 Å². The fourth-order valence-corrected chi connectivity index (χ4v) is 1.72. The molecular weight excluding hydrogens is 216 g/mol. The number of nitrogens with two attached hydrogens (primary N) is 1. The first kappa shape index (κ1) is 13.5. The van der Waals surface area contributed by atoms with Gasteiger partial charge in [0, 0.05) is 18.2 Å². The molecule has 1 unspecified atom stereocenters. The molecule has 0 radical (unpaired) electrons. The number of hydrogen-bond donors (Lipinski definition) is 2. The maximum atomic E-state index is 11.7. The Kier molecular flexibility index (Phi) is 4.52. The quantitative estimate of drug-likeness (QED) is 0.838. The summed E-state index contributed by atoms with van der Waals surface area (Å²) in [5.41, 5.74) is 8.24. The van der Waals surface area contributed by atoms with Crippen LogP contribution in [-0.2, 0) is 4.79 Å². The number of hydrogen-bond acceptors (Lipinski definition) is 3. The van der Waals surface area contributed by atoms with E-state index >= 15 is 0 Å². The van der Waals surface area contributed by atoms with Gasteiger partial charge in [-0.1, -0.05) is 6.92 Å². The van der Waals surface area contributed by atoms with E-state index in [1.54, 1.807) is 14.0 Å². The minimum absolute atomic E-state index is 0.0588. The highest BCUT2D eigenvalue weighted by molar-refractivity contribution is 5.92. The van der Waals surface area contributed by atoms with Crippen LogP contribution in [0.15, 0.2) is 12.1 Å². The molecule has 94 valence electrons. The van der Waals surface area contributed by atoms with Crippen LogP contribution in [0.1, 0.15) is 18.1 Å². The highest BCUT2D eigenvalue weighted by Crippen LogP contribution is 2.26. The third-order valence-electron chi connectivity index (χ3n) is 2.73. The topological polar surface area (TPSA) is 64.3 Å². The lowest BCUT2D eigenvalue weighted by Gasteiger charge is -2.14. The van der Waals surface area contributed by atoms with Crippen molar-refractivity contribution in [2.24, 2.45) is 11.7 Å². The van der Waals surface area contributed by atoms with Gasteiger partial charge in [-0.2, -0.15) is 0 Å². The van der Waals surface area contributed by atoms with Crippen molar-refractivity contribution >= 4 is 11.6 Å². The predicted octanol–water partition coefficient (Wildman–Crippen LogP) is 1.85. The number of methoxy groups -OCH3 is 1. The number of anilines is 1. The minimum Gasteiger partial charge on any atom is -0.496 e. The van der Waals surface area contributed by atoms with Gasteiger partial charge in [0.25, 0.3) is 0 Å². The lowest BCUT2D eigenvalue weighted by Crippen LogP contribution is -2.26. The van der Waals surface area contributed by atoms with Gasteiger partial charge in [-0.25, -0.2) is 0 Å². The zero-order valence-corrected chi connectivity index (χ0v) is 10.8. The van der Waals surface area contributed by atoms with Crippen LogP contribution in [0.2, 0.25) is 0 Å². The zero-order chi connectivity index (χ0) is 13.0. The van der Waals surface area contributed by atoms with E-state index in [0.29, 0.717) is 6.54 Å². The van der Waals surface area contributed by atoms with Crippen LogP contribution < -0.4 is 15.8 Å². The molecular formula is C13H20N2O2. The average molecular weight is 236 g/mol. The number of carbonyl (C=O) groups is 1. The van der Waals surface area contributed by atoms with Crippen LogP contribution in [0.25, 0.3) is 0 Å². The van der Waals surface area contributed by atoms with Gasteiger partial charge in [0.15, 0.2) is 0 Å². The van der Waals surface area contributed by atoms with E-state index in [2.05, 4.69) is 5.32 Å². The Morgan fingerprint density at radius 3 is 2.35 bits per heavy atom. The molecule has 0 heterocycles. The van der Waals surface area contributed by atoms with Crippen LogP contribution >= 0.6 is 0 Å². The van der Waals surface area contributed by atoms with Gasteiger partial charge in [-0.05, 0) is 37.1 Å². The molecule has 0 aliphatic carbocycles. The van der Waals surface area contributed by atoms with Crippen LogP contribution in [0, 0.1) is 19.8 Å². The van der Waals surface area contributed by atoms with Crippen molar-refractivity contribution in [2.75, 3.05) is 19.0 Å². The molecule has 0 saturated carbocycles. The molecule has 0 saturated heterocycles. The van der Waals surface area contributed by atoms with Crippen molar-refractivity contribution in [3.8, 4) is 5.75 Å². The molecule has 0 spiro atoms. The molecule has 1 aromatic carbocycles. The largest absolute Gasteiger partial charge is 0.496 e. The van der Waals surface area contributed by atoms with E-state index in [1.807, 2.05) is 26.0 Å². The summed E-state index contributed by atoms with van der Waals surface area (Å²) in [6.45, 7) is 6.06. The van der Waals surface area contributed by atoms with E-state index in [1.165, 1.54) is 0 Å². The number of amides is 1. The van der Waals surface area contributed by atoms with Crippen molar-refractivity contribution < 1.29 is 9.53 Å². The molecule has 1 aromatic rings. The summed E-state index contributed by atoms with van der Waals surface area (Å²) in [6.07, 6.45) is 0. The summed E-state index contributed by atoms with van der Waals surface area (Å²) in [6, 6.07) is 3.79. The summed E-state index contributed by atoms with van der Waals surface area (Å²) in [4.78, 5) is 11.7. The smallest absolute Gasteiger partial charge is 0.228 e. The number of benzene rings is 1. The molecule has 0 bridgehead atoms. The first-order valence-electron chi connectivity index (χ1n) is 5.65. The molecule has 1 amide bonds. The maximum absolute atomic E-state index is 11.7. The number of carbonyl (C=O) groups excluding carboxylic acids is 1. The third kappa shape index (κ3) is 3.20. The molecule has 4 nitrogen and oxygen atoms in total. The Hall–Kier alpha value is -1.55. The van der Waals surface area contributed by atoms with Gasteiger partial charge in [-0.3, -0.25) is 4.79 Å². The molecule has 4 heteroatoms. The van der Waals surface area contributed by atoms with E-state index in [4.69, 9.17) is 10.5 Å². The molecule has 1 rings (SSSR count). The Morgan fingerprint density at radius 1 is 1.41 bits per heavy atom. The number of rotatable bonds is 4. The van der Waals surface area contributed by atoms with E-state index in [-0.39, 0.29) is 11.8 Å². The fraction of sp³-hybridized carbons (Fsp3) is 0.462. The van der Waals surface area contributed by atoms with Crippen molar-refractivity contribution in [1.29, 1.82) is 0 Å². The molecule has 0 aromatic heterocycles. The van der Waals surface area contributed by atoms with E-state index < -0.39 is 0 Å². The highest BCUT2D eigenvalue weighted by atomic mass is 16.5. The fourth-order valence-electron chi connectivity index (χ4n) is 1.72. The summed E-state index contributed by atoms with van der Waals surface area (Å²) in [7, 11) is 1.64. The minimum atomic E-state index is -0.183. The van der Waals surface area contributed by atoms with Crippen LogP contribution in [0.5, 0.6) is 5.75 Å². The van der Waals surface area contributed by atoms with Crippen molar-refractivity contribution in [3.05, 3.63) is 23.3 Å². The first-order chi connectivity index (χ1) is 7.99. The molecule has 0 aliphatic rings. The van der Waals surface area contributed by atoms with Gasteiger partial charge in [0.2, 0.25) is 5.91 Å². The van der Waals surface area contributed by atoms with Gasteiger partial charge < -0.3 is 15.8 Å². The Morgan fingerprint density at radius 2 is 1.94 bits per heavy atom. The molecule has 0 fully saturated rings. The van der Waals surface area contributed by atoms with Gasteiger partial charge >= 0.3 is 0 Å². The van der Waals surface area contributed by atoms with Crippen LogP contribution in [0.4, 0.5) is 5.69 Å². The van der Waals surface area contributed by atoms with Crippen molar-refractivity contribution in [1.82, 2.24) is 0 Å².